The predicted octanol–water partition coefficient (Wildman–Crippen LogP) is 4.16. The van der Waals surface area contributed by atoms with E-state index in [0.717, 1.165) is 12.1 Å². The van der Waals surface area contributed by atoms with Crippen LogP contribution in [0.15, 0.2) is 77.0 Å². The van der Waals surface area contributed by atoms with Gasteiger partial charge in [-0.25, -0.2) is 18.4 Å². The van der Waals surface area contributed by atoms with Crippen molar-refractivity contribution in [1.29, 1.82) is 0 Å². The lowest BCUT2D eigenvalue weighted by molar-refractivity contribution is -0.137. The highest BCUT2D eigenvalue weighted by Crippen LogP contribution is 2.36. The van der Waals surface area contributed by atoms with E-state index in [-0.39, 0.29) is 11.4 Å². The van der Waals surface area contributed by atoms with Crippen LogP contribution in [-0.4, -0.2) is 28.7 Å². The Morgan fingerprint density at radius 2 is 1.76 bits per heavy atom. The largest absolute Gasteiger partial charge is 0.417 e. The summed E-state index contributed by atoms with van der Waals surface area (Å²) in [7, 11) is -4.21. The summed E-state index contributed by atoms with van der Waals surface area (Å²) < 4.78 is 66.4. The molecule has 0 aliphatic rings. The maximum absolute atomic E-state index is 13.1. The standard InChI is InChI=1S/C21H14ClF3N4O3S/c22-18-6-5-16(9-17(18)21(23,24)25)33(31,32)15-3-1-13(2-4-15)10-27-19(30)14-11-28-20-26-7-8-29(20)12-14/h1-9,11-12H,10H2,(H,27,30). The fourth-order valence-electron chi connectivity index (χ4n) is 3.03. The molecule has 0 unspecified atom stereocenters. The summed E-state index contributed by atoms with van der Waals surface area (Å²) in [5.74, 6) is 0.0574. The van der Waals surface area contributed by atoms with E-state index in [2.05, 4.69) is 15.3 Å². The van der Waals surface area contributed by atoms with Crippen LogP contribution < -0.4 is 5.32 Å². The van der Waals surface area contributed by atoms with E-state index >= 15 is 0 Å². The van der Waals surface area contributed by atoms with Crippen molar-refractivity contribution in [3.8, 4) is 0 Å². The molecular weight excluding hydrogens is 481 g/mol. The second-order valence-corrected chi connectivity index (χ2v) is 9.30. The molecule has 33 heavy (non-hydrogen) atoms. The molecule has 1 amide bonds. The monoisotopic (exact) mass is 494 g/mol. The van der Waals surface area contributed by atoms with Crippen LogP contribution in [0.2, 0.25) is 5.02 Å². The average Bonchev–Trinajstić information content (AvgIpc) is 3.25. The van der Waals surface area contributed by atoms with E-state index in [4.69, 9.17) is 11.6 Å². The summed E-state index contributed by atoms with van der Waals surface area (Å²) in [6.45, 7) is 0.0975. The van der Waals surface area contributed by atoms with E-state index < -0.39 is 37.4 Å². The zero-order valence-electron chi connectivity index (χ0n) is 16.5. The highest BCUT2D eigenvalue weighted by Gasteiger charge is 2.34. The topological polar surface area (TPSA) is 93.4 Å². The van der Waals surface area contributed by atoms with Gasteiger partial charge in [0.2, 0.25) is 15.6 Å². The maximum atomic E-state index is 13.1. The van der Waals surface area contributed by atoms with Crippen LogP contribution in [-0.2, 0) is 22.6 Å². The molecule has 170 valence electrons. The van der Waals surface area contributed by atoms with Crippen molar-refractivity contribution in [2.24, 2.45) is 0 Å². The van der Waals surface area contributed by atoms with Crippen molar-refractivity contribution in [3.05, 3.63) is 89.0 Å². The highest BCUT2D eigenvalue weighted by atomic mass is 35.5. The lowest BCUT2D eigenvalue weighted by Crippen LogP contribution is -2.23. The Labute approximate surface area is 190 Å². The number of alkyl halides is 3. The Balaban J connectivity index is 1.49. The number of aromatic nitrogens is 3. The Morgan fingerprint density at radius 3 is 2.45 bits per heavy atom. The second-order valence-electron chi connectivity index (χ2n) is 6.95. The molecule has 2 aromatic carbocycles. The zero-order chi connectivity index (χ0) is 23.8. The van der Waals surface area contributed by atoms with Crippen LogP contribution in [0.4, 0.5) is 13.2 Å². The lowest BCUT2D eigenvalue weighted by atomic mass is 10.2. The minimum Gasteiger partial charge on any atom is -0.348 e. The first kappa shape index (κ1) is 22.7. The van der Waals surface area contributed by atoms with E-state index in [0.29, 0.717) is 23.0 Å². The third-order valence-electron chi connectivity index (χ3n) is 4.75. The van der Waals surface area contributed by atoms with Crippen LogP contribution in [0.3, 0.4) is 0 Å². The molecule has 0 spiro atoms. The minimum atomic E-state index is -4.79. The summed E-state index contributed by atoms with van der Waals surface area (Å²) in [6, 6.07) is 7.88. The number of fused-ring (bicyclic) bond motifs is 1. The van der Waals surface area contributed by atoms with E-state index in [1.165, 1.54) is 30.5 Å². The number of nitrogens with zero attached hydrogens (tertiary/aromatic N) is 3. The maximum Gasteiger partial charge on any atom is 0.417 e. The number of halogens is 4. The van der Waals surface area contributed by atoms with Gasteiger partial charge in [-0.05, 0) is 35.9 Å². The third-order valence-corrected chi connectivity index (χ3v) is 6.84. The molecule has 2 heterocycles. The smallest absolute Gasteiger partial charge is 0.348 e. The molecule has 4 aromatic rings. The van der Waals surface area contributed by atoms with Crippen molar-refractivity contribution in [2.45, 2.75) is 22.5 Å². The molecule has 7 nitrogen and oxygen atoms in total. The van der Waals surface area contributed by atoms with Crippen LogP contribution in [0.5, 0.6) is 0 Å². The summed E-state index contributed by atoms with van der Waals surface area (Å²) in [5, 5.41) is 2.10. The van der Waals surface area contributed by atoms with Gasteiger partial charge >= 0.3 is 6.18 Å². The number of nitrogens with one attached hydrogen (secondary N) is 1. The Hall–Kier alpha value is -3.44. The average molecular weight is 495 g/mol. The summed E-state index contributed by atoms with van der Waals surface area (Å²) in [5.41, 5.74) is -0.332. The number of amides is 1. The van der Waals surface area contributed by atoms with Gasteiger partial charge in [0.25, 0.3) is 5.91 Å². The zero-order valence-corrected chi connectivity index (χ0v) is 18.1. The van der Waals surface area contributed by atoms with Crippen LogP contribution in [0, 0.1) is 0 Å². The number of hydrogen-bond donors (Lipinski definition) is 1. The predicted molar refractivity (Wildman–Crippen MR) is 113 cm³/mol. The summed E-state index contributed by atoms with van der Waals surface area (Å²) >= 11 is 5.57. The van der Waals surface area contributed by atoms with Gasteiger partial charge < -0.3 is 5.32 Å². The third kappa shape index (κ3) is 4.69. The number of imidazole rings is 1. The van der Waals surface area contributed by atoms with E-state index in [1.807, 2.05) is 0 Å². The molecular formula is C21H14ClF3N4O3S. The Bertz CT molecular complexity index is 1450. The number of rotatable bonds is 5. The van der Waals surface area contributed by atoms with Crippen molar-refractivity contribution >= 4 is 33.1 Å². The van der Waals surface area contributed by atoms with Crippen molar-refractivity contribution < 1.29 is 26.4 Å². The molecule has 0 atom stereocenters. The molecule has 0 aliphatic heterocycles. The van der Waals surface area contributed by atoms with Gasteiger partial charge in [-0.15, -0.1) is 0 Å². The van der Waals surface area contributed by atoms with Crippen LogP contribution >= 0.6 is 11.6 Å². The fraction of sp³-hybridized carbons (Fsp3) is 0.0952. The Kier molecular flexibility index (Phi) is 5.85. The first-order valence-electron chi connectivity index (χ1n) is 9.33. The summed E-state index contributed by atoms with van der Waals surface area (Å²) in [6.07, 6.45) is 1.36. The second kappa shape index (κ2) is 8.49. The van der Waals surface area contributed by atoms with Crippen molar-refractivity contribution in [2.75, 3.05) is 0 Å². The molecule has 0 saturated heterocycles. The van der Waals surface area contributed by atoms with Gasteiger partial charge in [0.15, 0.2) is 0 Å². The van der Waals surface area contributed by atoms with Crippen molar-refractivity contribution in [1.82, 2.24) is 19.7 Å². The molecule has 0 saturated carbocycles. The molecule has 0 radical (unpaired) electrons. The molecule has 1 N–H and O–H groups in total. The number of benzene rings is 2. The lowest BCUT2D eigenvalue weighted by Gasteiger charge is -2.12. The van der Waals surface area contributed by atoms with Gasteiger partial charge in [0, 0.05) is 31.3 Å². The molecule has 4 rings (SSSR count). The van der Waals surface area contributed by atoms with Gasteiger partial charge in [0.05, 0.1) is 25.9 Å². The van der Waals surface area contributed by atoms with E-state index in [9.17, 15) is 26.4 Å². The SMILES string of the molecule is O=C(NCc1ccc(S(=O)(=O)c2ccc(Cl)c(C(F)(F)F)c2)cc1)c1cnc2nccn2c1. The first-order valence-corrected chi connectivity index (χ1v) is 11.2. The quantitative estimate of drug-likeness (QED) is 0.449. The highest BCUT2D eigenvalue weighted by molar-refractivity contribution is 7.91. The normalized spacial score (nSPS) is 12.1. The Morgan fingerprint density at radius 1 is 1.06 bits per heavy atom. The van der Waals surface area contributed by atoms with E-state index in [1.54, 1.807) is 23.0 Å². The van der Waals surface area contributed by atoms with Gasteiger partial charge in [-0.3, -0.25) is 9.20 Å². The number of sulfone groups is 1. The van der Waals surface area contributed by atoms with Crippen LogP contribution in [0.1, 0.15) is 21.5 Å². The van der Waals surface area contributed by atoms with Gasteiger partial charge in [0.1, 0.15) is 0 Å². The van der Waals surface area contributed by atoms with Crippen LogP contribution in [0.25, 0.3) is 5.78 Å². The fourth-order valence-corrected chi connectivity index (χ4v) is 4.54. The first-order chi connectivity index (χ1) is 15.6. The summed E-state index contributed by atoms with van der Waals surface area (Å²) in [4.78, 5) is 19.7. The number of carbonyl (C=O) groups is 1. The van der Waals surface area contributed by atoms with Gasteiger partial charge in [-0.2, -0.15) is 13.2 Å². The molecule has 0 bridgehead atoms. The number of carbonyl (C=O) groups excluding carboxylic acids is 1. The molecule has 0 fully saturated rings. The minimum absolute atomic E-state index is 0.0975. The molecule has 12 heteroatoms. The number of hydrogen-bond acceptors (Lipinski definition) is 5. The molecule has 0 aliphatic carbocycles. The molecule has 2 aromatic heterocycles. The van der Waals surface area contributed by atoms with Gasteiger partial charge in [-0.1, -0.05) is 23.7 Å². The van der Waals surface area contributed by atoms with Crippen molar-refractivity contribution in [3.63, 3.8) is 0 Å².